The molecule has 0 spiro atoms. The van der Waals surface area contributed by atoms with Gasteiger partial charge in [-0.3, -0.25) is 4.79 Å². The lowest BCUT2D eigenvalue weighted by atomic mass is 10.0. The Morgan fingerprint density at radius 2 is 2.19 bits per heavy atom. The monoisotopic (exact) mass is 240 g/mol. The molecule has 0 saturated heterocycles. The average Bonchev–Trinajstić information content (AvgIpc) is 2.68. The van der Waals surface area contributed by atoms with Crippen LogP contribution in [0, 0.1) is 5.92 Å². The minimum absolute atomic E-state index is 0.0470. The Labute approximate surface area is 101 Å². The molecular weight excluding hydrogens is 220 g/mol. The Morgan fingerprint density at radius 1 is 1.50 bits per heavy atom. The van der Waals surface area contributed by atoms with Crippen LogP contribution in [-0.4, -0.2) is 11.9 Å². The second kappa shape index (κ2) is 6.01. The van der Waals surface area contributed by atoms with Crippen molar-refractivity contribution < 1.29 is 4.79 Å². The van der Waals surface area contributed by atoms with Crippen LogP contribution in [0.2, 0.25) is 0 Å². The van der Waals surface area contributed by atoms with E-state index in [1.165, 1.54) is 0 Å². The Hall–Kier alpha value is -0.870. The van der Waals surface area contributed by atoms with Gasteiger partial charge in [-0.15, -0.1) is 11.3 Å². The van der Waals surface area contributed by atoms with Crippen LogP contribution in [0.4, 0.5) is 0 Å². The van der Waals surface area contributed by atoms with Crippen LogP contribution in [0.5, 0.6) is 0 Å². The first-order valence-corrected chi connectivity index (χ1v) is 6.48. The minimum Gasteiger partial charge on any atom is -0.347 e. The summed E-state index contributed by atoms with van der Waals surface area (Å²) in [4.78, 5) is 12.9. The standard InChI is InChI=1S/C12H20N2OS/c1-8(2)7-10(13)12(15)14-9(3)11-5-4-6-16-11/h4-6,8-10H,7,13H2,1-3H3,(H,14,15)/t9-,10?/m1/s1. The highest BCUT2D eigenvalue weighted by atomic mass is 32.1. The third-order valence-corrected chi connectivity index (χ3v) is 3.45. The van der Waals surface area contributed by atoms with Gasteiger partial charge < -0.3 is 11.1 Å². The van der Waals surface area contributed by atoms with Gasteiger partial charge in [0.15, 0.2) is 0 Å². The Morgan fingerprint density at radius 3 is 2.69 bits per heavy atom. The molecular formula is C12H20N2OS. The zero-order valence-corrected chi connectivity index (χ0v) is 10.9. The van der Waals surface area contributed by atoms with Crippen molar-refractivity contribution in [2.24, 2.45) is 11.7 Å². The lowest BCUT2D eigenvalue weighted by Crippen LogP contribution is -2.42. The smallest absolute Gasteiger partial charge is 0.237 e. The van der Waals surface area contributed by atoms with Crippen molar-refractivity contribution in [3.8, 4) is 0 Å². The lowest BCUT2D eigenvalue weighted by Gasteiger charge is -2.17. The second-order valence-electron chi connectivity index (χ2n) is 4.48. The fraction of sp³-hybridized carbons (Fsp3) is 0.583. The van der Waals surface area contributed by atoms with Crippen LogP contribution in [0.3, 0.4) is 0 Å². The highest BCUT2D eigenvalue weighted by molar-refractivity contribution is 7.10. The molecule has 1 unspecified atom stereocenters. The molecule has 0 fully saturated rings. The summed E-state index contributed by atoms with van der Waals surface area (Å²) in [6.45, 7) is 6.11. The number of hydrogen-bond donors (Lipinski definition) is 2. The normalized spacial score (nSPS) is 14.8. The van der Waals surface area contributed by atoms with E-state index in [0.717, 1.165) is 11.3 Å². The number of carbonyl (C=O) groups is 1. The maximum Gasteiger partial charge on any atom is 0.237 e. The first kappa shape index (κ1) is 13.2. The molecule has 3 N–H and O–H groups in total. The van der Waals surface area contributed by atoms with Crippen LogP contribution < -0.4 is 11.1 Å². The molecule has 4 heteroatoms. The van der Waals surface area contributed by atoms with Gasteiger partial charge in [0.1, 0.15) is 0 Å². The van der Waals surface area contributed by atoms with Crippen molar-refractivity contribution in [3.05, 3.63) is 22.4 Å². The summed E-state index contributed by atoms with van der Waals surface area (Å²) in [5, 5.41) is 4.94. The molecule has 1 rings (SSSR count). The van der Waals surface area contributed by atoms with E-state index in [9.17, 15) is 4.79 Å². The van der Waals surface area contributed by atoms with Gasteiger partial charge in [-0.2, -0.15) is 0 Å². The zero-order chi connectivity index (χ0) is 12.1. The van der Waals surface area contributed by atoms with Gasteiger partial charge in [0.05, 0.1) is 12.1 Å². The van der Waals surface area contributed by atoms with Crippen molar-refractivity contribution in [2.45, 2.75) is 39.3 Å². The van der Waals surface area contributed by atoms with Crippen LogP contribution in [-0.2, 0) is 4.79 Å². The van der Waals surface area contributed by atoms with Gasteiger partial charge in [-0.05, 0) is 30.7 Å². The number of nitrogens with two attached hydrogens (primary N) is 1. The van der Waals surface area contributed by atoms with E-state index in [1.54, 1.807) is 11.3 Å². The number of nitrogens with one attached hydrogen (secondary N) is 1. The topological polar surface area (TPSA) is 55.1 Å². The van der Waals surface area contributed by atoms with Gasteiger partial charge in [-0.1, -0.05) is 19.9 Å². The molecule has 0 radical (unpaired) electrons. The summed E-state index contributed by atoms with van der Waals surface area (Å²) in [5.41, 5.74) is 5.81. The molecule has 0 aliphatic carbocycles. The van der Waals surface area contributed by atoms with Crippen molar-refractivity contribution in [2.75, 3.05) is 0 Å². The number of amides is 1. The van der Waals surface area contributed by atoms with Crippen molar-refractivity contribution in [1.29, 1.82) is 0 Å². The van der Waals surface area contributed by atoms with Crippen molar-refractivity contribution >= 4 is 17.2 Å². The van der Waals surface area contributed by atoms with Crippen LogP contribution in [0.15, 0.2) is 17.5 Å². The average molecular weight is 240 g/mol. The van der Waals surface area contributed by atoms with Crippen molar-refractivity contribution in [3.63, 3.8) is 0 Å². The molecule has 2 atom stereocenters. The van der Waals surface area contributed by atoms with E-state index in [-0.39, 0.29) is 11.9 Å². The molecule has 0 bridgehead atoms. The van der Waals surface area contributed by atoms with Crippen molar-refractivity contribution in [1.82, 2.24) is 5.32 Å². The largest absolute Gasteiger partial charge is 0.347 e. The fourth-order valence-corrected chi connectivity index (χ4v) is 2.28. The van der Waals surface area contributed by atoms with Gasteiger partial charge in [0.2, 0.25) is 5.91 Å². The highest BCUT2D eigenvalue weighted by Crippen LogP contribution is 2.18. The molecule has 90 valence electrons. The predicted octanol–water partition coefficient (Wildman–Crippen LogP) is 2.30. The van der Waals surface area contributed by atoms with E-state index in [4.69, 9.17) is 5.73 Å². The number of hydrogen-bond acceptors (Lipinski definition) is 3. The number of rotatable bonds is 5. The third-order valence-electron chi connectivity index (χ3n) is 2.39. The van der Waals surface area contributed by atoms with Crippen LogP contribution in [0.1, 0.15) is 38.1 Å². The van der Waals surface area contributed by atoms with E-state index < -0.39 is 6.04 Å². The molecule has 16 heavy (non-hydrogen) atoms. The first-order chi connectivity index (χ1) is 7.50. The summed E-state index contributed by atoms with van der Waals surface area (Å²) in [6, 6.07) is 3.65. The molecule has 1 aromatic rings. The molecule has 0 aliphatic heterocycles. The van der Waals surface area contributed by atoms with Gasteiger partial charge in [0, 0.05) is 4.88 Å². The molecule has 1 heterocycles. The highest BCUT2D eigenvalue weighted by Gasteiger charge is 2.17. The quantitative estimate of drug-likeness (QED) is 0.829. The molecule has 1 amide bonds. The summed E-state index contributed by atoms with van der Waals surface area (Å²) < 4.78 is 0. The summed E-state index contributed by atoms with van der Waals surface area (Å²) in [6.07, 6.45) is 0.725. The van der Waals surface area contributed by atoms with E-state index in [2.05, 4.69) is 19.2 Å². The molecule has 0 aliphatic rings. The lowest BCUT2D eigenvalue weighted by molar-refractivity contribution is -0.123. The summed E-state index contributed by atoms with van der Waals surface area (Å²) in [7, 11) is 0. The summed E-state index contributed by atoms with van der Waals surface area (Å²) >= 11 is 1.64. The maximum absolute atomic E-state index is 11.8. The number of thiophene rings is 1. The van der Waals surface area contributed by atoms with Crippen LogP contribution >= 0.6 is 11.3 Å². The fourth-order valence-electron chi connectivity index (χ4n) is 1.54. The zero-order valence-electron chi connectivity index (χ0n) is 10.1. The molecule has 3 nitrogen and oxygen atoms in total. The minimum atomic E-state index is -0.401. The van der Waals surface area contributed by atoms with Gasteiger partial charge in [-0.25, -0.2) is 0 Å². The Balaban J connectivity index is 2.45. The maximum atomic E-state index is 11.8. The van der Waals surface area contributed by atoms with E-state index in [1.807, 2.05) is 24.4 Å². The first-order valence-electron chi connectivity index (χ1n) is 5.60. The van der Waals surface area contributed by atoms with Gasteiger partial charge >= 0.3 is 0 Å². The molecule has 0 saturated carbocycles. The summed E-state index contributed by atoms with van der Waals surface area (Å²) in [5.74, 6) is 0.382. The number of carbonyl (C=O) groups excluding carboxylic acids is 1. The predicted molar refractivity (Wildman–Crippen MR) is 68.3 cm³/mol. The van der Waals surface area contributed by atoms with E-state index >= 15 is 0 Å². The van der Waals surface area contributed by atoms with Gasteiger partial charge in [0.25, 0.3) is 0 Å². The van der Waals surface area contributed by atoms with E-state index in [0.29, 0.717) is 5.92 Å². The Bertz CT molecular complexity index is 322. The molecule has 0 aromatic carbocycles. The molecule has 1 aromatic heterocycles. The third kappa shape index (κ3) is 3.94. The second-order valence-corrected chi connectivity index (χ2v) is 5.46. The van der Waals surface area contributed by atoms with Crippen LogP contribution in [0.25, 0.3) is 0 Å². The SMILES string of the molecule is CC(C)CC(N)C(=O)N[C@H](C)c1cccs1. The Kier molecular flexibility index (Phi) is 4.96.